The molecule has 3 heteroatoms. The Labute approximate surface area is 141 Å². The number of aliphatic imine (C=N–C) groups is 1. The number of hydrogen-bond acceptors (Lipinski definition) is 3. The van der Waals surface area contributed by atoms with E-state index < -0.39 is 13.7 Å². The summed E-state index contributed by atoms with van der Waals surface area (Å²) < 4.78 is 59.9. The predicted molar refractivity (Wildman–Crippen MR) is 91.0 cm³/mol. The molecule has 0 fully saturated rings. The highest BCUT2D eigenvalue weighted by atomic mass is 32.2. The molecule has 1 aliphatic carbocycles. The number of hydrogen-bond donors (Lipinski definition) is 0. The quantitative estimate of drug-likeness (QED) is 0.762. The molecule has 3 rings (SSSR count). The molecule has 106 valence electrons. The van der Waals surface area contributed by atoms with Gasteiger partial charge in [0.2, 0.25) is 0 Å². The van der Waals surface area contributed by atoms with E-state index in [9.17, 15) is 0 Å². The zero-order valence-electron chi connectivity index (χ0n) is 19.1. The molecule has 21 heavy (non-hydrogen) atoms. The molecule has 0 aromatic carbocycles. The highest BCUT2D eigenvalue weighted by molar-refractivity contribution is 8.00. The van der Waals surface area contributed by atoms with E-state index in [4.69, 9.17) is 11.0 Å². The summed E-state index contributed by atoms with van der Waals surface area (Å²) in [7, 11) is 0. The van der Waals surface area contributed by atoms with Gasteiger partial charge in [-0.05, 0) is 36.5 Å². The van der Waals surface area contributed by atoms with Crippen LogP contribution in [0.15, 0.2) is 70.3 Å². The molecule has 0 bridgehead atoms. The van der Waals surface area contributed by atoms with E-state index in [1.165, 1.54) is 17.8 Å². The van der Waals surface area contributed by atoms with Crippen molar-refractivity contribution in [1.29, 1.82) is 0 Å². The molecule has 0 saturated heterocycles. The Bertz CT molecular complexity index is 954. The summed E-state index contributed by atoms with van der Waals surface area (Å²) in [6, 6.07) is 3.29. The summed E-state index contributed by atoms with van der Waals surface area (Å²) in [6.45, 7) is -2.97. The number of pyridine rings is 1. The van der Waals surface area contributed by atoms with Crippen molar-refractivity contribution in [3.63, 3.8) is 0 Å². The van der Waals surface area contributed by atoms with Crippen molar-refractivity contribution in [3.05, 3.63) is 71.6 Å². The lowest BCUT2D eigenvalue weighted by Gasteiger charge is -2.22. The summed E-state index contributed by atoms with van der Waals surface area (Å²) in [5, 5.41) is 0.480. The van der Waals surface area contributed by atoms with Crippen LogP contribution in [-0.4, -0.2) is 16.4 Å². The van der Waals surface area contributed by atoms with Crippen LogP contribution < -0.4 is 0 Å². The van der Waals surface area contributed by atoms with Crippen LogP contribution in [0, 0.1) is 6.85 Å². The van der Waals surface area contributed by atoms with Gasteiger partial charge in [0.25, 0.3) is 0 Å². The van der Waals surface area contributed by atoms with Gasteiger partial charge in [-0.15, -0.1) is 0 Å². The van der Waals surface area contributed by atoms with E-state index in [-0.39, 0.29) is 28.1 Å². The van der Waals surface area contributed by atoms with Crippen LogP contribution in [0.2, 0.25) is 0 Å². The Hall–Kier alpha value is -1.87. The van der Waals surface area contributed by atoms with Gasteiger partial charge in [0.15, 0.2) is 0 Å². The number of aryl methyl sites for hydroxylation is 1. The molecule has 2 heterocycles. The number of aromatic nitrogens is 1. The van der Waals surface area contributed by atoms with E-state index in [0.29, 0.717) is 5.03 Å². The van der Waals surface area contributed by atoms with Crippen LogP contribution in [0.3, 0.4) is 0 Å². The average molecular weight is 302 g/mol. The van der Waals surface area contributed by atoms with Gasteiger partial charge in [0.05, 0.1) is 8.44 Å². The second kappa shape index (κ2) is 5.49. The van der Waals surface area contributed by atoms with Crippen LogP contribution in [0.4, 0.5) is 0 Å². The Balaban J connectivity index is 1.91. The molecule has 2 unspecified atom stereocenters. The lowest BCUT2D eigenvalue weighted by Crippen LogP contribution is -2.15. The number of rotatable bonds is 3. The average Bonchev–Trinajstić information content (AvgIpc) is 3.02. The molecule has 0 N–H and O–H groups in total. The van der Waals surface area contributed by atoms with Crippen LogP contribution in [0.25, 0.3) is 0 Å². The van der Waals surface area contributed by atoms with Gasteiger partial charge in [0.1, 0.15) is 5.03 Å². The first-order valence-electron chi connectivity index (χ1n) is 10.5. The van der Waals surface area contributed by atoms with Crippen molar-refractivity contribution in [3.8, 4) is 0 Å². The molecule has 2 aliphatic rings. The standard InChI is InChI=1S/C18H18N2S/c1-11(2)10-19-13(4)14-6-5-7-15-16-9-8-12(3)20-18(16)21-17(14)15/h5-10,15,17H,1,4H2,2-3H3/i1D,2D3,3D3,4D. The smallest absolute Gasteiger partial charge is 0.101 e. The summed E-state index contributed by atoms with van der Waals surface area (Å²) in [4.78, 5) is 8.47. The van der Waals surface area contributed by atoms with Crippen molar-refractivity contribution < 1.29 is 11.0 Å². The molecule has 0 spiro atoms. The molecule has 2 atom stereocenters. The van der Waals surface area contributed by atoms with Crippen LogP contribution in [0.5, 0.6) is 0 Å². The van der Waals surface area contributed by atoms with Gasteiger partial charge in [-0.2, -0.15) is 0 Å². The minimum Gasteiger partial charge on any atom is -0.257 e. The van der Waals surface area contributed by atoms with E-state index >= 15 is 0 Å². The molecule has 0 amide bonds. The zero-order chi connectivity index (χ0) is 21.4. The lowest BCUT2D eigenvalue weighted by molar-refractivity contribution is 0.833. The van der Waals surface area contributed by atoms with Crippen molar-refractivity contribution in [2.75, 3.05) is 0 Å². The highest BCUT2D eigenvalue weighted by Gasteiger charge is 2.37. The molecular weight excluding hydrogens is 276 g/mol. The lowest BCUT2D eigenvalue weighted by atomic mass is 9.88. The number of allylic oxidation sites excluding steroid dienone is 5. The monoisotopic (exact) mass is 302 g/mol. The Morgan fingerprint density at radius 2 is 2.52 bits per heavy atom. The van der Waals surface area contributed by atoms with Gasteiger partial charge in [-0.25, -0.2) is 4.98 Å². The largest absolute Gasteiger partial charge is 0.257 e. The number of thioether (sulfide) groups is 1. The summed E-state index contributed by atoms with van der Waals surface area (Å²) in [5.41, 5.74) is 1.72. The number of nitrogens with zero attached hydrogens (tertiary/aromatic N) is 2. The van der Waals surface area contributed by atoms with Gasteiger partial charge in [-0.1, -0.05) is 49.2 Å². The van der Waals surface area contributed by atoms with E-state index in [2.05, 4.69) is 9.98 Å². The molecule has 0 radical (unpaired) electrons. The van der Waals surface area contributed by atoms with Crippen molar-refractivity contribution >= 4 is 18.0 Å². The Kier molecular flexibility index (Phi) is 1.94. The maximum absolute atomic E-state index is 7.73. The van der Waals surface area contributed by atoms with E-state index in [1.54, 1.807) is 6.07 Å². The Morgan fingerprint density at radius 3 is 3.33 bits per heavy atom. The van der Waals surface area contributed by atoms with Gasteiger partial charge >= 0.3 is 0 Å². The molecular formula is C18H18N2S. The first-order valence-corrected chi connectivity index (χ1v) is 7.22. The fourth-order valence-corrected chi connectivity index (χ4v) is 3.88. The third-order valence-electron chi connectivity index (χ3n) is 3.35. The molecule has 0 saturated carbocycles. The summed E-state index contributed by atoms with van der Waals surface area (Å²) in [6.07, 6.45) is 6.73. The fraction of sp³-hybridized carbons (Fsp3) is 0.222. The molecule has 1 aliphatic heterocycles. The van der Waals surface area contributed by atoms with Gasteiger partial charge in [0, 0.05) is 31.3 Å². The van der Waals surface area contributed by atoms with E-state index in [1.807, 2.05) is 18.2 Å². The summed E-state index contributed by atoms with van der Waals surface area (Å²) >= 11 is 1.41. The number of fused-ring (bicyclic) bond motifs is 3. The minimum absolute atomic E-state index is 0.0362. The SMILES string of the molecule is [2H]C=C(N=CC(=C[2H])C([2H])([2H])[2H])C1=CC=CC2c3ccc(C([2H])([2H])[2H])nc3SC12. The van der Waals surface area contributed by atoms with Crippen LogP contribution in [-0.2, 0) is 0 Å². The summed E-state index contributed by atoms with van der Waals surface area (Å²) in [5.74, 6) is -0.0490. The first kappa shape index (κ1) is 7.41. The maximum atomic E-state index is 7.73. The van der Waals surface area contributed by atoms with Crippen LogP contribution >= 0.6 is 11.8 Å². The van der Waals surface area contributed by atoms with Crippen LogP contribution in [0.1, 0.15) is 35.0 Å². The highest BCUT2D eigenvalue weighted by Crippen LogP contribution is 2.50. The Morgan fingerprint density at radius 1 is 1.52 bits per heavy atom. The minimum atomic E-state index is -2.46. The van der Waals surface area contributed by atoms with Crippen molar-refractivity contribution in [1.82, 2.24) is 4.98 Å². The zero-order valence-corrected chi connectivity index (χ0v) is 11.9. The van der Waals surface area contributed by atoms with E-state index in [0.717, 1.165) is 30.5 Å². The van der Waals surface area contributed by atoms with Crippen molar-refractivity contribution in [2.24, 2.45) is 4.99 Å². The maximum Gasteiger partial charge on any atom is 0.101 e. The van der Waals surface area contributed by atoms with Gasteiger partial charge < -0.3 is 0 Å². The second-order valence-electron chi connectivity index (χ2n) is 4.76. The third-order valence-corrected chi connectivity index (χ3v) is 4.70. The van der Waals surface area contributed by atoms with Crippen molar-refractivity contribution in [2.45, 2.75) is 29.9 Å². The third kappa shape index (κ3) is 2.66. The second-order valence-corrected chi connectivity index (χ2v) is 5.89. The topological polar surface area (TPSA) is 25.2 Å². The first-order chi connectivity index (χ1) is 13.6. The van der Waals surface area contributed by atoms with Gasteiger partial charge in [-0.3, -0.25) is 4.99 Å². The molecule has 2 nitrogen and oxygen atoms in total. The predicted octanol–water partition coefficient (Wildman–Crippen LogP) is 4.60. The molecule has 1 aromatic rings. The normalized spacial score (nSPS) is 31.7. The fourth-order valence-electron chi connectivity index (χ4n) is 2.44. The molecule has 1 aromatic heterocycles.